The molecular formula is C27H24INO8. The van der Waals surface area contributed by atoms with Crippen molar-refractivity contribution in [3.05, 3.63) is 55.7 Å². The molecule has 1 heterocycles. The van der Waals surface area contributed by atoms with Crippen LogP contribution in [0.15, 0.2) is 46.6 Å². The van der Waals surface area contributed by atoms with E-state index in [0.29, 0.717) is 25.9 Å². The van der Waals surface area contributed by atoms with Crippen molar-refractivity contribution in [1.29, 1.82) is 0 Å². The van der Waals surface area contributed by atoms with Crippen molar-refractivity contribution in [3.63, 3.8) is 0 Å². The number of benzene rings is 1. The number of hydrogen-bond acceptors (Lipinski definition) is 7. The topological polar surface area (TPSA) is 138 Å². The summed E-state index contributed by atoms with van der Waals surface area (Å²) in [5.74, 6) is -4.86. The molecule has 1 saturated heterocycles. The summed E-state index contributed by atoms with van der Waals surface area (Å²) in [7, 11) is 1.42. The lowest BCUT2D eigenvalue weighted by atomic mass is 9.59. The number of carbonyl (C=O) groups excluding carboxylic acids is 4. The molecule has 2 N–H and O–H groups in total. The molecule has 37 heavy (non-hydrogen) atoms. The number of fused-ring (bicyclic) bond motifs is 3. The number of imide groups is 1. The molecule has 2 amide bonds. The molecule has 0 bridgehead atoms. The number of carboxylic acid groups (broad SMARTS) is 1. The number of rotatable bonds is 5. The van der Waals surface area contributed by atoms with E-state index in [1.54, 1.807) is 19.1 Å². The number of Topliss-reactive ketones (excluding diaryl/α,β-unsaturated/α-hetero) is 1. The fraction of sp³-hybridized carbons (Fsp3) is 0.370. The number of halogens is 1. The molecule has 5 rings (SSSR count). The maximum atomic E-state index is 13.5. The fourth-order valence-electron chi connectivity index (χ4n) is 6.17. The summed E-state index contributed by atoms with van der Waals surface area (Å²) in [6.07, 6.45) is 3.30. The molecule has 0 saturated carbocycles. The highest BCUT2D eigenvalue weighted by molar-refractivity contribution is 14.1. The molecule has 3 aliphatic carbocycles. The van der Waals surface area contributed by atoms with E-state index in [9.17, 15) is 29.1 Å². The number of carbonyl (C=O) groups is 5. The molecule has 9 nitrogen and oxygen atoms in total. The zero-order chi connectivity index (χ0) is 26.8. The second-order valence-electron chi connectivity index (χ2n) is 9.75. The van der Waals surface area contributed by atoms with Crippen molar-refractivity contribution in [2.75, 3.05) is 13.7 Å². The third-order valence-electron chi connectivity index (χ3n) is 7.81. The van der Waals surface area contributed by atoms with E-state index in [-0.39, 0.29) is 48.9 Å². The van der Waals surface area contributed by atoms with Gasteiger partial charge in [-0.05, 0) is 72.0 Å². The Labute approximate surface area is 226 Å². The lowest BCUT2D eigenvalue weighted by Crippen LogP contribution is -2.40. The van der Waals surface area contributed by atoms with Gasteiger partial charge in [-0.3, -0.25) is 28.9 Å². The van der Waals surface area contributed by atoms with Gasteiger partial charge < -0.3 is 14.9 Å². The van der Waals surface area contributed by atoms with Crippen molar-refractivity contribution in [2.24, 2.45) is 17.8 Å². The largest absolute Gasteiger partial charge is 0.504 e. The van der Waals surface area contributed by atoms with Crippen LogP contribution < -0.4 is 4.74 Å². The highest BCUT2D eigenvalue weighted by Crippen LogP contribution is 2.55. The number of hydrogen-bond donors (Lipinski definition) is 2. The zero-order valence-corrected chi connectivity index (χ0v) is 22.3. The summed E-state index contributed by atoms with van der Waals surface area (Å²) in [5.41, 5.74) is 2.41. The molecule has 0 radical (unpaired) electrons. The second-order valence-corrected chi connectivity index (χ2v) is 10.9. The van der Waals surface area contributed by atoms with Crippen LogP contribution >= 0.6 is 22.6 Å². The lowest BCUT2D eigenvalue weighted by molar-refractivity contribution is -0.142. The highest BCUT2D eigenvalue weighted by atomic mass is 127. The van der Waals surface area contributed by atoms with Gasteiger partial charge in [0.2, 0.25) is 11.8 Å². The Morgan fingerprint density at radius 1 is 1.16 bits per heavy atom. The Kier molecular flexibility index (Phi) is 6.33. The number of methoxy groups -OCH3 is 1. The third kappa shape index (κ3) is 3.92. The van der Waals surface area contributed by atoms with E-state index in [0.717, 1.165) is 10.5 Å². The minimum absolute atomic E-state index is 0.0430. The zero-order valence-electron chi connectivity index (χ0n) is 20.1. The first kappa shape index (κ1) is 25.4. The van der Waals surface area contributed by atoms with Crippen molar-refractivity contribution in [3.8, 4) is 11.5 Å². The number of aromatic hydroxyl groups is 1. The molecule has 0 spiro atoms. The number of nitrogens with zero attached hydrogens (tertiary/aromatic N) is 1. The molecular weight excluding hydrogens is 593 g/mol. The summed E-state index contributed by atoms with van der Waals surface area (Å²) in [6.45, 7) is 1.38. The number of ketones is 2. The number of phenols is 1. The van der Waals surface area contributed by atoms with Crippen molar-refractivity contribution in [2.45, 2.75) is 32.1 Å². The average molecular weight is 617 g/mol. The quantitative estimate of drug-likeness (QED) is 0.223. The van der Waals surface area contributed by atoms with Crippen LogP contribution in [0.4, 0.5) is 0 Å². The molecule has 10 heteroatoms. The summed E-state index contributed by atoms with van der Waals surface area (Å²) < 4.78 is 5.85. The van der Waals surface area contributed by atoms with E-state index in [2.05, 4.69) is 0 Å². The van der Waals surface area contributed by atoms with Crippen molar-refractivity contribution < 1.29 is 38.9 Å². The van der Waals surface area contributed by atoms with Crippen LogP contribution in [0.1, 0.15) is 37.7 Å². The number of ether oxygens (including phenoxy) is 1. The van der Waals surface area contributed by atoms with Gasteiger partial charge in [0, 0.05) is 29.2 Å². The second kappa shape index (κ2) is 9.23. The van der Waals surface area contributed by atoms with E-state index in [4.69, 9.17) is 9.84 Å². The minimum atomic E-state index is -1.11. The van der Waals surface area contributed by atoms with E-state index in [1.165, 1.54) is 13.2 Å². The Morgan fingerprint density at radius 3 is 2.57 bits per heavy atom. The van der Waals surface area contributed by atoms with Crippen molar-refractivity contribution >= 4 is 51.9 Å². The summed E-state index contributed by atoms with van der Waals surface area (Å²) >= 11 is 1.97. The number of aliphatic carboxylic acids is 1. The van der Waals surface area contributed by atoms with E-state index < -0.39 is 41.5 Å². The predicted octanol–water partition coefficient (Wildman–Crippen LogP) is 2.91. The predicted molar refractivity (Wildman–Crippen MR) is 138 cm³/mol. The molecule has 4 atom stereocenters. The van der Waals surface area contributed by atoms with Crippen LogP contribution in [0.25, 0.3) is 0 Å². The maximum absolute atomic E-state index is 13.5. The number of amides is 2. The third-order valence-corrected chi connectivity index (χ3v) is 8.63. The number of carboxylic acids is 1. The first-order valence-corrected chi connectivity index (χ1v) is 13.0. The van der Waals surface area contributed by atoms with Gasteiger partial charge in [-0.25, -0.2) is 0 Å². The van der Waals surface area contributed by atoms with Gasteiger partial charge in [0.1, 0.15) is 0 Å². The molecule has 1 fully saturated rings. The lowest BCUT2D eigenvalue weighted by Gasteiger charge is -2.42. The highest BCUT2D eigenvalue weighted by Gasteiger charge is 2.56. The number of likely N-dealkylation sites (tertiary alicyclic amines) is 1. The Hall–Kier alpha value is -3.28. The van der Waals surface area contributed by atoms with Gasteiger partial charge >= 0.3 is 5.97 Å². The minimum Gasteiger partial charge on any atom is -0.504 e. The standard InChI is InChI=1S/C27H24INO8/c1-11-7-18(30)23-16(24(11)33)10-15-13(21(23)12-8-17(28)25(34)19(9-12)37-2)3-4-14-22(15)27(36)29(26(14)35)6-5-20(31)32/h3,7-9,14-15,21-22,34H,4-6,10H2,1-2H3,(H,31,32). The first-order valence-electron chi connectivity index (χ1n) is 11.9. The molecule has 4 aliphatic rings. The van der Waals surface area contributed by atoms with Crippen LogP contribution in [-0.4, -0.2) is 58.1 Å². The van der Waals surface area contributed by atoms with Gasteiger partial charge in [-0.1, -0.05) is 11.6 Å². The van der Waals surface area contributed by atoms with E-state index >= 15 is 0 Å². The Balaban J connectivity index is 1.65. The molecule has 4 unspecified atom stereocenters. The monoisotopic (exact) mass is 617 g/mol. The van der Waals surface area contributed by atoms with Crippen LogP contribution in [-0.2, 0) is 24.0 Å². The van der Waals surface area contributed by atoms with Crippen LogP contribution in [0.5, 0.6) is 11.5 Å². The smallest absolute Gasteiger partial charge is 0.305 e. The van der Waals surface area contributed by atoms with Gasteiger partial charge in [-0.2, -0.15) is 0 Å². The summed E-state index contributed by atoms with van der Waals surface area (Å²) in [4.78, 5) is 65.3. The molecule has 1 aromatic carbocycles. The van der Waals surface area contributed by atoms with Crippen LogP contribution in [0.2, 0.25) is 0 Å². The van der Waals surface area contributed by atoms with Gasteiger partial charge in [0.25, 0.3) is 0 Å². The average Bonchev–Trinajstić information content (AvgIpc) is 3.10. The normalized spacial score (nSPS) is 26.9. The molecule has 192 valence electrons. The van der Waals surface area contributed by atoms with Gasteiger partial charge in [0.05, 0.1) is 28.9 Å². The summed E-state index contributed by atoms with van der Waals surface area (Å²) in [6, 6.07) is 3.36. The van der Waals surface area contributed by atoms with Crippen LogP contribution in [0, 0.1) is 21.3 Å². The Bertz CT molecular complexity index is 1390. The van der Waals surface area contributed by atoms with Crippen molar-refractivity contribution in [1.82, 2.24) is 4.90 Å². The summed E-state index contributed by atoms with van der Waals surface area (Å²) in [5, 5.41) is 19.5. The molecule has 0 aromatic heterocycles. The van der Waals surface area contributed by atoms with E-state index in [1.807, 2.05) is 28.7 Å². The first-order chi connectivity index (χ1) is 17.5. The fourth-order valence-corrected chi connectivity index (χ4v) is 6.80. The SMILES string of the molecule is COc1cc(C2C3=CCC4C(=O)N(CCC(=O)O)C(=O)C4C3CC3=C2C(=O)C=C(C)C3=O)cc(I)c1O. The van der Waals surface area contributed by atoms with Crippen LogP contribution in [0.3, 0.4) is 0 Å². The Morgan fingerprint density at radius 2 is 1.89 bits per heavy atom. The number of phenolic OH excluding ortho intramolecular Hbond substituents is 1. The van der Waals surface area contributed by atoms with Gasteiger partial charge in [-0.15, -0.1) is 0 Å². The van der Waals surface area contributed by atoms with Gasteiger partial charge in [0.15, 0.2) is 23.1 Å². The molecule has 1 aliphatic heterocycles. The molecule has 1 aromatic rings. The maximum Gasteiger partial charge on any atom is 0.305 e. The number of allylic oxidation sites excluding steroid dienone is 6.